The summed E-state index contributed by atoms with van der Waals surface area (Å²) in [7, 11) is 0. The number of hydrogen-bond donors (Lipinski definition) is 0. The second kappa shape index (κ2) is 7.21. The predicted molar refractivity (Wildman–Crippen MR) is 88.1 cm³/mol. The minimum Gasteiger partial charge on any atom is -0.305 e. The Hall–Kier alpha value is -1.75. The van der Waals surface area contributed by atoms with Crippen molar-refractivity contribution in [3.05, 3.63) is 28.3 Å². The molecule has 0 atom stereocenters. The molecule has 1 heterocycles. The predicted octanol–water partition coefficient (Wildman–Crippen LogP) is 4.37. The highest BCUT2D eigenvalue weighted by Crippen LogP contribution is 2.38. The van der Waals surface area contributed by atoms with Crippen LogP contribution in [0, 0.1) is 0 Å². The van der Waals surface area contributed by atoms with E-state index in [1.807, 2.05) is 20.8 Å². The third kappa shape index (κ3) is 4.16. The maximum atomic E-state index is 12.0. The molecule has 6 heteroatoms. The number of amides is 1. The van der Waals surface area contributed by atoms with Gasteiger partial charge in [0.1, 0.15) is 0 Å². The fourth-order valence-electron chi connectivity index (χ4n) is 2.64. The van der Waals surface area contributed by atoms with E-state index in [1.165, 1.54) is 0 Å². The number of rotatable bonds is 3. The van der Waals surface area contributed by atoms with E-state index in [1.54, 1.807) is 17.0 Å². The minimum absolute atomic E-state index is 0.319. The third-order valence-electron chi connectivity index (χ3n) is 3.83. The summed E-state index contributed by atoms with van der Waals surface area (Å²) < 4.78 is 0. The first-order valence-electron chi connectivity index (χ1n) is 7.76. The average Bonchev–Trinajstić information content (AvgIpc) is 2.52. The molecule has 0 spiro atoms. The van der Waals surface area contributed by atoms with Crippen molar-refractivity contribution in [3.8, 4) is 5.75 Å². The average molecular weight is 340 g/mol. The van der Waals surface area contributed by atoms with Crippen LogP contribution >= 0.6 is 11.6 Å². The van der Waals surface area contributed by atoms with Crippen LogP contribution in [0.25, 0.3) is 0 Å². The smallest absolute Gasteiger partial charge is 0.305 e. The molecule has 1 saturated heterocycles. The number of hydrogen-bond acceptors (Lipinski definition) is 4. The lowest BCUT2D eigenvalue weighted by Gasteiger charge is -2.26. The second-order valence-corrected chi connectivity index (χ2v) is 7.07. The molecule has 0 saturated carbocycles. The van der Waals surface area contributed by atoms with Gasteiger partial charge in [-0.15, -0.1) is 0 Å². The highest BCUT2D eigenvalue weighted by molar-refractivity contribution is 6.34. The van der Waals surface area contributed by atoms with Crippen molar-refractivity contribution in [1.29, 1.82) is 0 Å². The van der Waals surface area contributed by atoms with E-state index in [2.05, 4.69) is 0 Å². The quantitative estimate of drug-likeness (QED) is 0.466. The molecule has 0 aliphatic carbocycles. The molecular formula is C17H22ClNO4. The molecule has 1 aromatic carbocycles. The van der Waals surface area contributed by atoms with E-state index in [-0.39, 0.29) is 5.41 Å². The molecule has 0 bridgehead atoms. The number of piperidine rings is 1. The monoisotopic (exact) mass is 339 g/mol. The molecule has 0 aromatic heterocycles. The zero-order valence-corrected chi connectivity index (χ0v) is 14.5. The summed E-state index contributed by atoms with van der Waals surface area (Å²) in [5.74, 6) is 0.346. The van der Waals surface area contributed by atoms with Gasteiger partial charge in [-0.2, -0.15) is 0 Å². The number of nitrogens with zero attached hydrogens (tertiary/aromatic N) is 1. The number of likely N-dealkylation sites (tertiary alicyclic amines) is 1. The lowest BCUT2D eigenvalue weighted by atomic mass is 9.85. The highest BCUT2D eigenvalue weighted by atomic mass is 35.5. The van der Waals surface area contributed by atoms with E-state index in [9.17, 15) is 9.59 Å². The Morgan fingerprint density at radius 2 is 1.87 bits per heavy atom. The second-order valence-electron chi connectivity index (χ2n) is 6.69. The molecule has 2 rings (SSSR count). The lowest BCUT2D eigenvalue weighted by molar-refractivity contribution is -0.155. The Bertz CT molecular complexity index is 589. The Labute approximate surface area is 141 Å². The Morgan fingerprint density at radius 3 is 2.43 bits per heavy atom. The highest BCUT2D eigenvalue weighted by Gasteiger charge is 2.26. The summed E-state index contributed by atoms with van der Waals surface area (Å²) in [6.07, 6.45) is 3.27. The zero-order chi connectivity index (χ0) is 17.0. The van der Waals surface area contributed by atoms with E-state index in [0.717, 1.165) is 19.3 Å². The van der Waals surface area contributed by atoms with Crippen LogP contribution in [0.15, 0.2) is 12.1 Å². The standard InChI is InChI=1S/C17H22ClNO4/c1-17(2,3)14-13(8-7-12(11-20)15(14)18)22-23-16(21)19-9-5-4-6-10-19/h7-8,11H,4-6,9-10H2,1-3H3. The van der Waals surface area contributed by atoms with Gasteiger partial charge in [-0.05, 0) is 36.8 Å². The van der Waals surface area contributed by atoms with Crippen LogP contribution in [0.5, 0.6) is 5.75 Å². The van der Waals surface area contributed by atoms with Gasteiger partial charge in [-0.3, -0.25) is 9.68 Å². The molecule has 1 fully saturated rings. The number of halogens is 1. The van der Waals surface area contributed by atoms with E-state index in [0.29, 0.717) is 41.3 Å². The summed E-state index contributed by atoms with van der Waals surface area (Å²) in [6.45, 7) is 7.20. The van der Waals surface area contributed by atoms with Gasteiger partial charge in [0, 0.05) is 24.2 Å². The summed E-state index contributed by atoms with van der Waals surface area (Å²) in [6, 6.07) is 3.15. The van der Waals surface area contributed by atoms with Crippen molar-refractivity contribution in [2.45, 2.75) is 45.4 Å². The van der Waals surface area contributed by atoms with Gasteiger partial charge >= 0.3 is 6.09 Å². The van der Waals surface area contributed by atoms with Crippen molar-refractivity contribution in [3.63, 3.8) is 0 Å². The number of carbonyl (C=O) groups excluding carboxylic acids is 2. The number of benzene rings is 1. The molecule has 1 aliphatic rings. The van der Waals surface area contributed by atoms with Crippen molar-refractivity contribution in [2.24, 2.45) is 0 Å². The molecule has 0 unspecified atom stereocenters. The van der Waals surface area contributed by atoms with Gasteiger partial charge in [0.15, 0.2) is 12.0 Å². The molecule has 1 amide bonds. The Morgan fingerprint density at radius 1 is 1.22 bits per heavy atom. The van der Waals surface area contributed by atoms with E-state index in [4.69, 9.17) is 21.4 Å². The van der Waals surface area contributed by atoms with Crippen LogP contribution < -0.4 is 4.89 Å². The fraction of sp³-hybridized carbons (Fsp3) is 0.529. The van der Waals surface area contributed by atoms with Crippen molar-refractivity contribution < 1.29 is 19.4 Å². The topological polar surface area (TPSA) is 55.8 Å². The summed E-state index contributed by atoms with van der Waals surface area (Å²) >= 11 is 6.30. The van der Waals surface area contributed by atoms with Gasteiger partial charge in [-0.1, -0.05) is 32.4 Å². The van der Waals surface area contributed by atoms with Crippen molar-refractivity contribution >= 4 is 24.0 Å². The minimum atomic E-state index is -0.500. The summed E-state index contributed by atoms with van der Waals surface area (Å²) in [4.78, 5) is 35.0. The molecule has 5 nitrogen and oxygen atoms in total. The van der Waals surface area contributed by atoms with Gasteiger partial charge in [0.2, 0.25) is 0 Å². The normalized spacial score (nSPS) is 15.2. The summed E-state index contributed by atoms with van der Waals surface area (Å²) in [5, 5.41) is 0.319. The van der Waals surface area contributed by atoms with E-state index >= 15 is 0 Å². The molecule has 1 aliphatic heterocycles. The van der Waals surface area contributed by atoms with Crippen LogP contribution in [0.1, 0.15) is 56.0 Å². The largest absolute Gasteiger partial charge is 0.452 e. The SMILES string of the molecule is CC(C)(C)c1c(OOC(=O)N2CCCCC2)ccc(C=O)c1Cl. The van der Waals surface area contributed by atoms with Crippen LogP contribution in [0.2, 0.25) is 5.02 Å². The van der Waals surface area contributed by atoms with Gasteiger partial charge < -0.3 is 4.90 Å². The molecule has 126 valence electrons. The number of carbonyl (C=O) groups is 2. The third-order valence-corrected chi connectivity index (χ3v) is 4.23. The first-order valence-corrected chi connectivity index (χ1v) is 8.14. The Kier molecular flexibility index (Phi) is 5.52. The Balaban J connectivity index is 2.17. The van der Waals surface area contributed by atoms with Crippen LogP contribution in [-0.2, 0) is 10.3 Å². The van der Waals surface area contributed by atoms with Gasteiger partial charge in [0.05, 0.1) is 5.02 Å². The lowest BCUT2D eigenvalue weighted by Crippen LogP contribution is -2.36. The fourth-order valence-corrected chi connectivity index (χ4v) is 3.13. The molecule has 0 N–H and O–H groups in total. The van der Waals surface area contributed by atoms with E-state index < -0.39 is 6.09 Å². The van der Waals surface area contributed by atoms with Crippen molar-refractivity contribution in [2.75, 3.05) is 13.1 Å². The number of aldehydes is 1. The van der Waals surface area contributed by atoms with Crippen molar-refractivity contribution in [1.82, 2.24) is 4.90 Å². The molecular weight excluding hydrogens is 318 g/mol. The molecule has 0 radical (unpaired) electrons. The van der Waals surface area contributed by atoms with Crippen LogP contribution in [0.3, 0.4) is 0 Å². The maximum absolute atomic E-state index is 12.0. The van der Waals surface area contributed by atoms with Gasteiger partial charge in [0.25, 0.3) is 0 Å². The maximum Gasteiger partial charge on any atom is 0.452 e. The first kappa shape index (κ1) is 17.6. The first-order chi connectivity index (χ1) is 10.8. The molecule has 1 aromatic rings. The van der Waals surface area contributed by atoms with Crippen LogP contribution in [-0.4, -0.2) is 30.4 Å². The molecule has 23 heavy (non-hydrogen) atoms. The van der Waals surface area contributed by atoms with Crippen LogP contribution in [0.4, 0.5) is 4.79 Å². The zero-order valence-electron chi connectivity index (χ0n) is 13.7. The van der Waals surface area contributed by atoms with Gasteiger partial charge in [-0.25, -0.2) is 9.68 Å². The summed E-state index contributed by atoms with van der Waals surface area (Å²) in [5.41, 5.74) is 0.643.